The van der Waals surface area contributed by atoms with Gasteiger partial charge in [-0.15, -0.1) is 0 Å². The molecule has 0 N–H and O–H groups in total. The Hall–Kier alpha value is -0.830. The van der Waals surface area contributed by atoms with Crippen molar-refractivity contribution < 1.29 is 4.74 Å². The lowest BCUT2D eigenvalue weighted by atomic mass is 9.89. The molecule has 1 saturated carbocycles. The molecule has 3 nitrogen and oxygen atoms in total. The predicted molar refractivity (Wildman–Crippen MR) is 68.6 cm³/mol. The Labute approximate surface area is 108 Å². The van der Waals surface area contributed by atoms with Gasteiger partial charge in [-0.2, -0.15) is 4.98 Å². The number of rotatable bonds is 2. The molecule has 1 heterocycles. The van der Waals surface area contributed by atoms with Gasteiger partial charge in [-0.25, -0.2) is 4.98 Å². The second-order valence-electron chi connectivity index (χ2n) is 5.00. The zero-order valence-corrected chi connectivity index (χ0v) is 11.4. The van der Waals surface area contributed by atoms with Crippen LogP contribution in [0.2, 0.25) is 5.15 Å². The number of hydrogen-bond acceptors (Lipinski definition) is 3. The van der Waals surface area contributed by atoms with E-state index in [9.17, 15) is 0 Å². The second kappa shape index (κ2) is 5.21. The summed E-state index contributed by atoms with van der Waals surface area (Å²) < 4.78 is 5.98. The number of aryl methyl sites for hydroxylation is 1. The summed E-state index contributed by atoms with van der Waals surface area (Å²) in [6.45, 7) is 6.02. The van der Waals surface area contributed by atoms with E-state index in [1.807, 2.05) is 13.8 Å². The van der Waals surface area contributed by atoms with Crippen LogP contribution in [0.4, 0.5) is 0 Å². The molecule has 2 atom stereocenters. The summed E-state index contributed by atoms with van der Waals surface area (Å²) in [6, 6.07) is 0. The third-order valence-corrected chi connectivity index (χ3v) is 3.69. The summed E-state index contributed by atoms with van der Waals surface area (Å²) in [5, 5.41) is 0.497. The lowest BCUT2D eigenvalue weighted by Gasteiger charge is -2.27. The first-order valence-electron chi connectivity index (χ1n) is 6.23. The maximum Gasteiger partial charge on any atom is 0.221 e. The first kappa shape index (κ1) is 12.6. The molecule has 1 aliphatic rings. The molecule has 0 amide bonds. The highest BCUT2D eigenvalue weighted by atomic mass is 35.5. The summed E-state index contributed by atoms with van der Waals surface area (Å²) in [7, 11) is 0. The largest absolute Gasteiger partial charge is 0.474 e. The maximum absolute atomic E-state index is 6.03. The van der Waals surface area contributed by atoms with E-state index in [0.717, 1.165) is 24.3 Å². The van der Waals surface area contributed by atoms with Crippen LogP contribution in [0.25, 0.3) is 0 Å². The lowest BCUT2D eigenvalue weighted by Crippen LogP contribution is -2.25. The maximum atomic E-state index is 6.03. The fraction of sp³-hybridized carbons (Fsp3) is 0.692. The van der Waals surface area contributed by atoms with E-state index in [1.54, 1.807) is 0 Å². The summed E-state index contributed by atoms with van der Waals surface area (Å²) in [5.41, 5.74) is 0.843. The molecule has 1 aliphatic carbocycles. The van der Waals surface area contributed by atoms with Crippen molar-refractivity contribution in [2.75, 3.05) is 0 Å². The highest BCUT2D eigenvalue weighted by molar-refractivity contribution is 6.30. The van der Waals surface area contributed by atoms with Gasteiger partial charge in [-0.1, -0.05) is 24.9 Å². The number of aromatic nitrogens is 2. The minimum atomic E-state index is 0.280. The zero-order valence-electron chi connectivity index (χ0n) is 10.7. The van der Waals surface area contributed by atoms with Crippen molar-refractivity contribution in [3.05, 3.63) is 16.5 Å². The van der Waals surface area contributed by atoms with E-state index in [4.69, 9.17) is 16.3 Å². The van der Waals surface area contributed by atoms with Crippen LogP contribution in [0.15, 0.2) is 0 Å². The van der Waals surface area contributed by atoms with Gasteiger partial charge in [0.05, 0.1) is 0 Å². The van der Waals surface area contributed by atoms with E-state index in [0.29, 0.717) is 16.9 Å². The minimum Gasteiger partial charge on any atom is -0.474 e. The molecule has 94 valence electrons. The van der Waals surface area contributed by atoms with E-state index in [2.05, 4.69) is 16.9 Å². The molecule has 0 aliphatic heterocycles. The molecule has 0 saturated heterocycles. The quantitative estimate of drug-likeness (QED) is 0.755. The average molecular weight is 255 g/mol. The molecule has 1 aromatic rings. The molecule has 1 aromatic heterocycles. The SMILES string of the molecule is Cc1nc(Cl)c(C)c(OC2CCCC(C)C2)n1. The number of hydrogen-bond donors (Lipinski definition) is 0. The van der Waals surface area contributed by atoms with Gasteiger partial charge < -0.3 is 4.74 Å². The van der Waals surface area contributed by atoms with Crippen molar-refractivity contribution in [1.29, 1.82) is 0 Å². The Morgan fingerprint density at radius 1 is 1.24 bits per heavy atom. The van der Waals surface area contributed by atoms with Crippen LogP contribution in [0.5, 0.6) is 5.88 Å². The van der Waals surface area contributed by atoms with Crippen LogP contribution in [0, 0.1) is 19.8 Å². The van der Waals surface area contributed by atoms with Gasteiger partial charge >= 0.3 is 0 Å². The fourth-order valence-corrected chi connectivity index (χ4v) is 2.53. The molecule has 0 radical (unpaired) electrons. The van der Waals surface area contributed by atoms with Crippen LogP contribution in [-0.2, 0) is 0 Å². The van der Waals surface area contributed by atoms with Crippen molar-refractivity contribution in [2.24, 2.45) is 5.92 Å². The minimum absolute atomic E-state index is 0.280. The number of nitrogens with zero attached hydrogens (tertiary/aromatic N) is 2. The summed E-state index contributed by atoms with van der Waals surface area (Å²) >= 11 is 6.03. The number of halogens is 1. The van der Waals surface area contributed by atoms with E-state index in [1.165, 1.54) is 12.8 Å². The third-order valence-electron chi connectivity index (χ3n) is 3.32. The van der Waals surface area contributed by atoms with Crippen molar-refractivity contribution >= 4 is 11.6 Å². The van der Waals surface area contributed by atoms with Gasteiger partial charge in [0, 0.05) is 5.56 Å². The van der Waals surface area contributed by atoms with Crippen molar-refractivity contribution in [2.45, 2.75) is 52.6 Å². The van der Waals surface area contributed by atoms with E-state index in [-0.39, 0.29) is 6.10 Å². The topological polar surface area (TPSA) is 35.0 Å². The molecule has 2 rings (SSSR count). The van der Waals surface area contributed by atoms with Gasteiger partial charge in [0.25, 0.3) is 0 Å². The Bertz CT molecular complexity index is 409. The van der Waals surface area contributed by atoms with Gasteiger partial charge in [-0.05, 0) is 39.0 Å². The molecule has 1 fully saturated rings. The van der Waals surface area contributed by atoms with Crippen LogP contribution in [0.1, 0.15) is 44.0 Å². The Morgan fingerprint density at radius 3 is 2.71 bits per heavy atom. The Balaban J connectivity index is 2.12. The highest BCUT2D eigenvalue weighted by Gasteiger charge is 2.22. The van der Waals surface area contributed by atoms with E-state index < -0.39 is 0 Å². The second-order valence-corrected chi connectivity index (χ2v) is 5.36. The number of ether oxygens (including phenoxy) is 1. The zero-order chi connectivity index (χ0) is 12.4. The predicted octanol–water partition coefficient (Wildman–Crippen LogP) is 3.70. The standard InChI is InChI=1S/C13H19ClN2O/c1-8-5-4-6-11(7-8)17-13-9(2)12(14)15-10(3)16-13/h8,11H,4-7H2,1-3H3. The van der Waals surface area contributed by atoms with Gasteiger partial charge in [0.15, 0.2) is 0 Å². The van der Waals surface area contributed by atoms with Crippen molar-refractivity contribution in [3.63, 3.8) is 0 Å². The van der Waals surface area contributed by atoms with Crippen molar-refractivity contribution in [1.82, 2.24) is 9.97 Å². The first-order valence-corrected chi connectivity index (χ1v) is 6.61. The summed E-state index contributed by atoms with van der Waals surface area (Å²) in [6.07, 6.45) is 5.05. The van der Waals surface area contributed by atoms with Crippen LogP contribution >= 0.6 is 11.6 Å². The van der Waals surface area contributed by atoms with Crippen LogP contribution in [0.3, 0.4) is 0 Å². The van der Waals surface area contributed by atoms with Crippen molar-refractivity contribution in [3.8, 4) is 5.88 Å². The molecular weight excluding hydrogens is 236 g/mol. The molecule has 0 aromatic carbocycles. The van der Waals surface area contributed by atoms with E-state index >= 15 is 0 Å². The Morgan fingerprint density at radius 2 is 2.00 bits per heavy atom. The van der Waals surface area contributed by atoms with Gasteiger partial charge in [0.2, 0.25) is 5.88 Å². The molecule has 4 heteroatoms. The smallest absolute Gasteiger partial charge is 0.221 e. The van der Waals surface area contributed by atoms with Gasteiger partial charge in [0.1, 0.15) is 17.1 Å². The van der Waals surface area contributed by atoms with Crippen LogP contribution < -0.4 is 4.74 Å². The molecule has 0 spiro atoms. The first-order chi connectivity index (χ1) is 8.06. The molecule has 17 heavy (non-hydrogen) atoms. The third kappa shape index (κ3) is 3.09. The van der Waals surface area contributed by atoms with Crippen LogP contribution in [-0.4, -0.2) is 16.1 Å². The Kier molecular flexibility index (Phi) is 3.87. The fourth-order valence-electron chi connectivity index (χ4n) is 2.33. The van der Waals surface area contributed by atoms with Gasteiger partial charge in [-0.3, -0.25) is 0 Å². The molecule has 0 bridgehead atoms. The highest BCUT2D eigenvalue weighted by Crippen LogP contribution is 2.29. The monoisotopic (exact) mass is 254 g/mol. The summed E-state index contributed by atoms with van der Waals surface area (Å²) in [4.78, 5) is 8.45. The molecule has 2 unspecified atom stereocenters. The lowest BCUT2D eigenvalue weighted by molar-refractivity contribution is 0.122. The average Bonchev–Trinajstić information content (AvgIpc) is 2.25. The normalized spacial score (nSPS) is 24.7. The molecular formula is C13H19ClN2O. The summed E-state index contributed by atoms with van der Waals surface area (Å²) in [5.74, 6) is 2.06.